The molecule has 1 amide bonds. The number of nitrogens with one attached hydrogen (secondary N) is 1. The van der Waals surface area contributed by atoms with Crippen molar-refractivity contribution in [2.24, 2.45) is 5.92 Å². The summed E-state index contributed by atoms with van der Waals surface area (Å²) < 4.78 is 28.8. The number of sulfonamides is 1. The van der Waals surface area contributed by atoms with Crippen molar-refractivity contribution in [3.63, 3.8) is 0 Å². The van der Waals surface area contributed by atoms with Gasteiger partial charge in [0.2, 0.25) is 5.91 Å². The third-order valence-electron chi connectivity index (χ3n) is 5.11. The lowest BCUT2D eigenvalue weighted by Crippen LogP contribution is -2.43. The molecule has 1 fully saturated rings. The second-order valence-corrected chi connectivity index (χ2v) is 8.92. The number of aryl methyl sites for hydroxylation is 3. The molecule has 0 aliphatic carbocycles. The molecule has 2 aromatic rings. The number of benzene rings is 1. The summed E-state index contributed by atoms with van der Waals surface area (Å²) in [4.78, 5) is 16.7. The van der Waals surface area contributed by atoms with Crippen molar-refractivity contribution in [3.05, 3.63) is 41.9 Å². The zero-order valence-electron chi connectivity index (χ0n) is 16.0. The third kappa shape index (κ3) is 4.22. The fraction of sp³-hybridized carbons (Fsp3) is 0.474. The smallest absolute Gasteiger partial charge is 0.262 e. The number of amides is 1. The third-order valence-corrected chi connectivity index (χ3v) is 6.86. The molecule has 1 aliphatic rings. The first kappa shape index (κ1) is 19.6. The number of nitrogens with zero attached hydrogens (tertiary/aromatic N) is 3. The largest absolute Gasteiger partial charge is 0.336 e. The standard InChI is InChI=1S/C19H26N4O3S/c1-4-22-12-18(20-13-22)27(25,26)23-9-5-6-16(11-23)19(24)21-17-8-7-14(2)15(3)10-17/h7-8,10,12-13,16H,4-6,9,11H2,1-3H3,(H,21,24)/t16-/m0/s1. The van der Waals surface area contributed by atoms with E-state index in [1.54, 1.807) is 4.57 Å². The van der Waals surface area contributed by atoms with Crippen LogP contribution in [0.2, 0.25) is 0 Å². The Morgan fingerprint density at radius 1 is 1.30 bits per heavy atom. The molecule has 27 heavy (non-hydrogen) atoms. The van der Waals surface area contributed by atoms with Gasteiger partial charge in [-0.2, -0.15) is 4.31 Å². The highest BCUT2D eigenvalue weighted by molar-refractivity contribution is 7.89. The normalized spacial score (nSPS) is 18.4. The van der Waals surface area contributed by atoms with Crippen LogP contribution in [0.5, 0.6) is 0 Å². The SMILES string of the molecule is CCn1cnc(S(=O)(=O)N2CCC[C@H](C(=O)Nc3ccc(C)c(C)c3)C2)c1. The van der Waals surface area contributed by atoms with Crippen LogP contribution in [0.25, 0.3) is 0 Å². The van der Waals surface area contributed by atoms with E-state index in [4.69, 9.17) is 0 Å². The predicted molar refractivity (Wildman–Crippen MR) is 104 cm³/mol. The minimum Gasteiger partial charge on any atom is -0.336 e. The summed E-state index contributed by atoms with van der Waals surface area (Å²) in [5.41, 5.74) is 3.01. The first-order chi connectivity index (χ1) is 12.8. The molecule has 1 aromatic carbocycles. The van der Waals surface area contributed by atoms with Gasteiger partial charge >= 0.3 is 0 Å². The van der Waals surface area contributed by atoms with E-state index in [1.807, 2.05) is 39.0 Å². The van der Waals surface area contributed by atoms with Crippen LogP contribution in [0.4, 0.5) is 5.69 Å². The molecular weight excluding hydrogens is 364 g/mol. The van der Waals surface area contributed by atoms with Gasteiger partial charge in [-0.05, 0) is 56.9 Å². The number of carbonyl (C=O) groups excluding carboxylic acids is 1. The van der Waals surface area contributed by atoms with Crippen LogP contribution in [0.3, 0.4) is 0 Å². The van der Waals surface area contributed by atoms with Crippen molar-refractivity contribution >= 4 is 21.6 Å². The van der Waals surface area contributed by atoms with Crippen LogP contribution in [0.15, 0.2) is 35.7 Å². The van der Waals surface area contributed by atoms with Gasteiger partial charge in [0.25, 0.3) is 10.0 Å². The molecule has 8 heteroatoms. The molecule has 1 aromatic heterocycles. The highest BCUT2D eigenvalue weighted by atomic mass is 32.2. The van der Waals surface area contributed by atoms with Crippen molar-refractivity contribution in [2.75, 3.05) is 18.4 Å². The van der Waals surface area contributed by atoms with Crippen LogP contribution in [-0.2, 0) is 21.4 Å². The Morgan fingerprint density at radius 3 is 2.74 bits per heavy atom. The molecule has 0 saturated carbocycles. The van der Waals surface area contributed by atoms with E-state index in [9.17, 15) is 13.2 Å². The van der Waals surface area contributed by atoms with Gasteiger partial charge in [-0.3, -0.25) is 4.79 Å². The lowest BCUT2D eigenvalue weighted by Gasteiger charge is -2.30. The molecule has 1 N–H and O–H groups in total. The molecular formula is C19H26N4O3S. The van der Waals surface area contributed by atoms with Gasteiger partial charge in [0.05, 0.1) is 12.2 Å². The van der Waals surface area contributed by atoms with E-state index < -0.39 is 10.0 Å². The molecule has 0 radical (unpaired) electrons. The maximum Gasteiger partial charge on any atom is 0.262 e. The van der Waals surface area contributed by atoms with Gasteiger partial charge in [0.15, 0.2) is 5.03 Å². The van der Waals surface area contributed by atoms with E-state index in [1.165, 1.54) is 16.8 Å². The number of anilines is 1. The van der Waals surface area contributed by atoms with Crippen molar-refractivity contribution in [1.29, 1.82) is 0 Å². The molecule has 0 bridgehead atoms. The van der Waals surface area contributed by atoms with E-state index in [0.717, 1.165) is 16.8 Å². The van der Waals surface area contributed by atoms with Crippen LogP contribution in [0, 0.1) is 19.8 Å². The van der Waals surface area contributed by atoms with Gasteiger partial charge in [0.1, 0.15) is 0 Å². The molecule has 2 heterocycles. The Morgan fingerprint density at radius 2 is 2.07 bits per heavy atom. The summed E-state index contributed by atoms with van der Waals surface area (Å²) in [5, 5.41) is 2.97. The van der Waals surface area contributed by atoms with E-state index in [2.05, 4.69) is 10.3 Å². The number of hydrogen-bond donors (Lipinski definition) is 1. The minimum atomic E-state index is -3.68. The Hall–Kier alpha value is -2.19. The second-order valence-electron chi connectivity index (χ2n) is 7.03. The summed E-state index contributed by atoms with van der Waals surface area (Å²) in [6.45, 7) is 7.18. The highest BCUT2D eigenvalue weighted by Gasteiger charge is 2.34. The summed E-state index contributed by atoms with van der Waals surface area (Å²) in [6, 6.07) is 5.77. The second kappa shape index (κ2) is 7.82. The summed E-state index contributed by atoms with van der Waals surface area (Å²) in [6.07, 6.45) is 4.37. The maximum absolute atomic E-state index is 12.8. The first-order valence-corrected chi connectivity index (χ1v) is 10.7. The molecule has 7 nitrogen and oxygen atoms in total. The number of imidazole rings is 1. The molecule has 1 atom stereocenters. The van der Waals surface area contributed by atoms with Crippen molar-refractivity contribution in [3.8, 4) is 0 Å². The number of carbonyl (C=O) groups is 1. The van der Waals surface area contributed by atoms with Crippen molar-refractivity contribution in [2.45, 2.75) is 45.2 Å². The van der Waals surface area contributed by atoms with Gasteiger partial charge in [-0.25, -0.2) is 13.4 Å². The van der Waals surface area contributed by atoms with E-state index in [-0.39, 0.29) is 23.4 Å². The number of aromatic nitrogens is 2. The fourth-order valence-electron chi connectivity index (χ4n) is 3.22. The topological polar surface area (TPSA) is 84.3 Å². The average Bonchev–Trinajstić information content (AvgIpc) is 3.15. The van der Waals surface area contributed by atoms with Crippen LogP contribution in [-0.4, -0.2) is 41.3 Å². The fourth-order valence-corrected chi connectivity index (χ4v) is 4.68. The Balaban J connectivity index is 1.71. The molecule has 0 unspecified atom stereocenters. The van der Waals surface area contributed by atoms with Gasteiger partial charge < -0.3 is 9.88 Å². The zero-order chi connectivity index (χ0) is 19.6. The van der Waals surface area contributed by atoms with Crippen LogP contribution < -0.4 is 5.32 Å². The average molecular weight is 391 g/mol. The predicted octanol–water partition coefficient (Wildman–Crippen LogP) is 2.56. The van der Waals surface area contributed by atoms with Crippen molar-refractivity contribution < 1.29 is 13.2 Å². The zero-order valence-corrected chi connectivity index (χ0v) is 16.8. The minimum absolute atomic E-state index is 0.0413. The number of hydrogen-bond acceptors (Lipinski definition) is 4. The summed E-state index contributed by atoms with van der Waals surface area (Å²) >= 11 is 0. The van der Waals surface area contributed by atoms with E-state index >= 15 is 0 Å². The number of rotatable bonds is 5. The summed E-state index contributed by atoms with van der Waals surface area (Å²) in [7, 11) is -3.68. The Labute approximate surface area is 160 Å². The number of piperidine rings is 1. The monoisotopic (exact) mass is 390 g/mol. The van der Waals surface area contributed by atoms with Gasteiger partial charge in [-0.1, -0.05) is 6.07 Å². The van der Waals surface area contributed by atoms with Crippen molar-refractivity contribution in [1.82, 2.24) is 13.9 Å². The highest BCUT2D eigenvalue weighted by Crippen LogP contribution is 2.24. The lowest BCUT2D eigenvalue weighted by atomic mass is 9.98. The molecule has 0 spiro atoms. The molecule has 3 rings (SSSR count). The van der Waals surface area contributed by atoms with Gasteiger partial charge in [-0.15, -0.1) is 0 Å². The summed E-state index contributed by atoms with van der Waals surface area (Å²) in [5.74, 6) is -0.513. The Kier molecular flexibility index (Phi) is 5.67. The van der Waals surface area contributed by atoms with Gasteiger partial charge in [0, 0.05) is 31.5 Å². The first-order valence-electron chi connectivity index (χ1n) is 9.21. The van der Waals surface area contributed by atoms with Crippen LogP contribution >= 0.6 is 0 Å². The van der Waals surface area contributed by atoms with Crippen LogP contribution in [0.1, 0.15) is 30.9 Å². The molecule has 1 saturated heterocycles. The molecule has 1 aliphatic heterocycles. The Bertz CT molecular complexity index is 936. The molecule has 146 valence electrons. The maximum atomic E-state index is 12.8. The van der Waals surface area contributed by atoms with E-state index in [0.29, 0.717) is 25.9 Å². The quantitative estimate of drug-likeness (QED) is 0.850. The lowest BCUT2D eigenvalue weighted by molar-refractivity contribution is -0.120.